The number of Topliss-reactive ketones (excluding diaryl/α,β-unsaturated/α-hetero) is 1. The average molecular weight is 505 g/mol. The van der Waals surface area contributed by atoms with E-state index in [9.17, 15) is 19.2 Å². The van der Waals surface area contributed by atoms with Crippen molar-refractivity contribution in [2.45, 2.75) is 51.6 Å². The van der Waals surface area contributed by atoms with Crippen molar-refractivity contribution in [3.8, 4) is 0 Å². The molecule has 3 N–H and O–H groups in total. The Kier molecular flexibility index (Phi) is 7.14. The Labute approximate surface area is 213 Å². The third kappa shape index (κ3) is 5.11. The number of benzene rings is 1. The second-order valence-electron chi connectivity index (χ2n) is 9.51. The molecular formula is C26H28N6O5. The van der Waals surface area contributed by atoms with Crippen LogP contribution >= 0.6 is 0 Å². The van der Waals surface area contributed by atoms with Crippen molar-refractivity contribution in [1.29, 1.82) is 0 Å². The summed E-state index contributed by atoms with van der Waals surface area (Å²) in [6, 6.07) is 10.8. The Balaban J connectivity index is 1.52. The van der Waals surface area contributed by atoms with Crippen molar-refractivity contribution >= 4 is 23.6 Å². The lowest BCUT2D eigenvalue weighted by molar-refractivity contribution is -0.130. The number of aryl methyl sites for hydroxylation is 1. The van der Waals surface area contributed by atoms with E-state index in [0.29, 0.717) is 17.9 Å². The Bertz CT molecular complexity index is 1340. The first-order valence-corrected chi connectivity index (χ1v) is 11.9. The lowest BCUT2D eigenvalue weighted by Gasteiger charge is -2.36. The van der Waals surface area contributed by atoms with Gasteiger partial charge in [0.15, 0.2) is 22.8 Å². The number of aromatic nitrogens is 3. The van der Waals surface area contributed by atoms with Crippen LogP contribution in [0.25, 0.3) is 0 Å². The number of hydrogen-bond acceptors (Lipinski definition) is 8. The number of ketones is 1. The summed E-state index contributed by atoms with van der Waals surface area (Å²) in [7, 11) is 0. The highest BCUT2D eigenvalue weighted by Crippen LogP contribution is 2.35. The molecule has 0 spiro atoms. The number of urea groups is 1. The zero-order valence-corrected chi connectivity index (χ0v) is 20.8. The summed E-state index contributed by atoms with van der Waals surface area (Å²) in [5.74, 6) is -1.77. The molecule has 1 aliphatic heterocycles. The van der Waals surface area contributed by atoms with Crippen molar-refractivity contribution in [3.63, 3.8) is 0 Å². The van der Waals surface area contributed by atoms with E-state index in [2.05, 4.69) is 20.7 Å². The van der Waals surface area contributed by atoms with Crippen LogP contribution in [0.4, 0.5) is 4.79 Å². The summed E-state index contributed by atoms with van der Waals surface area (Å²) in [4.78, 5) is 56.6. The number of imide groups is 1. The number of carbonyl (C=O) groups is 4. The lowest BCUT2D eigenvalue weighted by atomic mass is 9.89. The van der Waals surface area contributed by atoms with Crippen LogP contribution in [-0.4, -0.2) is 49.9 Å². The fourth-order valence-corrected chi connectivity index (χ4v) is 4.71. The van der Waals surface area contributed by atoms with E-state index in [4.69, 9.17) is 10.3 Å². The summed E-state index contributed by atoms with van der Waals surface area (Å²) >= 11 is 0. The van der Waals surface area contributed by atoms with Gasteiger partial charge in [-0.3, -0.25) is 29.6 Å². The molecule has 0 radical (unpaired) electrons. The maximum absolute atomic E-state index is 13.1. The van der Waals surface area contributed by atoms with E-state index in [1.54, 1.807) is 25.1 Å². The molecule has 37 heavy (non-hydrogen) atoms. The van der Waals surface area contributed by atoms with E-state index in [1.807, 2.05) is 31.2 Å². The standard InChI is InChI=1S/C26H28N6O5/c1-15-7-6-8-17(11-15)14-20-22(30-31-37-20)19(33)13-16(2)12-18(23(27)34)32-25(36)29-24(35)26(32,3)21-9-4-5-10-28-21/h4-11,16,18H,12-14H2,1-3H3,(H2,27,34)(H,29,35,36)/t16-,18-,26+/m0/s1. The van der Waals surface area contributed by atoms with Gasteiger partial charge in [-0.1, -0.05) is 42.8 Å². The van der Waals surface area contributed by atoms with Crippen LogP contribution in [0, 0.1) is 12.8 Å². The number of rotatable bonds is 10. The van der Waals surface area contributed by atoms with E-state index in [1.165, 1.54) is 13.1 Å². The summed E-state index contributed by atoms with van der Waals surface area (Å²) in [6.07, 6.45) is 1.90. The van der Waals surface area contributed by atoms with Gasteiger partial charge in [0.05, 0.1) is 5.69 Å². The largest absolute Gasteiger partial charge is 0.368 e. The zero-order chi connectivity index (χ0) is 26.7. The number of hydrogen-bond donors (Lipinski definition) is 2. The molecule has 4 amide bonds. The van der Waals surface area contributed by atoms with Crippen molar-refractivity contribution in [2.75, 3.05) is 0 Å². The molecule has 0 unspecified atom stereocenters. The van der Waals surface area contributed by atoms with Crippen molar-refractivity contribution in [3.05, 3.63) is 76.9 Å². The summed E-state index contributed by atoms with van der Waals surface area (Å²) in [5, 5.41) is 9.71. The quantitative estimate of drug-likeness (QED) is 0.314. The van der Waals surface area contributed by atoms with E-state index < -0.39 is 35.3 Å². The fraction of sp³-hybridized carbons (Fsp3) is 0.346. The monoisotopic (exact) mass is 504 g/mol. The maximum Gasteiger partial charge on any atom is 0.326 e. The SMILES string of the molecule is Cc1cccc(Cc2onnc2C(=O)C[C@@H](C)C[C@@H](C(N)=O)N2C(=O)NC(=O)[C@@]2(C)c2ccccn2)c1. The van der Waals surface area contributed by atoms with Gasteiger partial charge in [-0.05, 0) is 43.9 Å². The normalized spacial score (nSPS) is 18.9. The topological polar surface area (TPSA) is 161 Å². The van der Waals surface area contributed by atoms with Crippen LogP contribution in [0.3, 0.4) is 0 Å². The van der Waals surface area contributed by atoms with Gasteiger partial charge in [0.1, 0.15) is 6.04 Å². The van der Waals surface area contributed by atoms with Crippen LogP contribution in [-0.2, 0) is 21.5 Å². The van der Waals surface area contributed by atoms with Gasteiger partial charge >= 0.3 is 6.03 Å². The van der Waals surface area contributed by atoms with Crippen LogP contribution in [0.15, 0.2) is 53.2 Å². The first-order chi connectivity index (χ1) is 17.6. The zero-order valence-electron chi connectivity index (χ0n) is 20.8. The Morgan fingerprint density at radius 1 is 1.19 bits per heavy atom. The smallest absolute Gasteiger partial charge is 0.326 e. The molecule has 3 atom stereocenters. The second kappa shape index (κ2) is 10.3. The van der Waals surface area contributed by atoms with Crippen molar-refractivity contribution in [2.24, 2.45) is 11.7 Å². The molecule has 11 nitrogen and oxygen atoms in total. The molecular weight excluding hydrogens is 476 g/mol. The predicted molar refractivity (Wildman–Crippen MR) is 131 cm³/mol. The number of nitrogens with two attached hydrogens (primary N) is 1. The number of nitrogens with one attached hydrogen (secondary N) is 1. The van der Waals surface area contributed by atoms with Crippen LogP contribution < -0.4 is 11.1 Å². The van der Waals surface area contributed by atoms with Crippen LogP contribution in [0.1, 0.15) is 59.8 Å². The Morgan fingerprint density at radius 3 is 2.65 bits per heavy atom. The summed E-state index contributed by atoms with van der Waals surface area (Å²) < 4.78 is 5.25. The molecule has 0 bridgehead atoms. The van der Waals surface area contributed by atoms with Gasteiger partial charge in [0, 0.05) is 24.3 Å². The lowest BCUT2D eigenvalue weighted by Crippen LogP contribution is -2.55. The first kappa shape index (κ1) is 25.7. The van der Waals surface area contributed by atoms with Gasteiger partial charge in [-0.2, -0.15) is 0 Å². The van der Waals surface area contributed by atoms with E-state index in [0.717, 1.165) is 16.0 Å². The van der Waals surface area contributed by atoms with E-state index in [-0.39, 0.29) is 24.3 Å². The van der Waals surface area contributed by atoms with Gasteiger partial charge in [-0.25, -0.2) is 4.79 Å². The summed E-state index contributed by atoms with van der Waals surface area (Å²) in [5.41, 5.74) is 6.60. The molecule has 11 heteroatoms. The van der Waals surface area contributed by atoms with Gasteiger partial charge < -0.3 is 10.3 Å². The molecule has 0 aliphatic carbocycles. The van der Waals surface area contributed by atoms with Gasteiger partial charge in [-0.15, -0.1) is 5.10 Å². The van der Waals surface area contributed by atoms with Gasteiger partial charge in [0.2, 0.25) is 5.91 Å². The number of carbonyl (C=O) groups excluding carboxylic acids is 4. The number of pyridine rings is 1. The maximum atomic E-state index is 13.1. The highest BCUT2D eigenvalue weighted by molar-refractivity contribution is 6.08. The molecule has 192 valence electrons. The molecule has 0 saturated carbocycles. The molecule has 2 aromatic heterocycles. The van der Waals surface area contributed by atoms with Crippen LogP contribution in [0.5, 0.6) is 0 Å². The van der Waals surface area contributed by atoms with E-state index >= 15 is 0 Å². The first-order valence-electron chi connectivity index (χ1n) is 11.9. The van der Waals surface area contributed by atoms with Gasteiger partial charge in [0.25, 0.3) is 5.91 Å². The third-order valence-corrected chi connectivity index (χ3v) is 6.59. The average Bonchev–Trinajstić information content (AvgIpc) is 3.40. The second-order valence-corrected chi connectivity index (χ2v) is 9.51. The number of primary amides is 1. The Morgan fingerprint density at radius 2 is 1.97 bits per heavy atom. The molecule has 3 heterocycles. The van der Waals surface area contributed by atoms with Crippen molar-refractivity contribution < 1.29 is 23.7 Å². The number of amides is 4. The molecule has 1 fully saturated rings. The summed E-state index contributed by atoms with van der Waals surface area (Å²) in [6.45, 7) is 5.24. The highest BCUT2D eigenvalue weighted by atomic mass is 16.5. The molecule has 3 aromatic rings. The minimum atomic E-state index is -1.54. The molecule has 4 rings (SSSR count). The minimum absolute atomic E-state index is 0.00250. The highest BCUT2D eigenvalue weighted by Gasteiger charge is 2.55. The molecule has 1 aliphatic rings. The minimum Gasteiger partial charge on any atom is -0.368 e. The molecule has 1 aromatic carbocycles. The fourth-order valence-electron chi connectivity index (χ4n) is 4.71. The van der Waals surface area contributed by atoms with Crippen LogP contribution in [0.2, 0.25) is 0 Å². The molecule has 1 saturated heterocycles. The van der Waals surface area contributed by atoms with Crippen molar-refractivity contribution in [1.82, 2.24) is 25.6 Å². The predicted octanol–water partition coefficient (Wildman–Crippen LogP) is 2.28. The number of nitrogens with zero attached hydrogens (tertiary/aromatic N) is 4. The third-order valence-electron chi connectivity index (χ3n) is 6.59. The Hall–Kier alpha value is -4.41.